The van der Waals surface area contributed by atoms with E-state index < -0.39 is 11.7 Å². The molecule has 2 rings (SSSR count). The highest BCUT2D eigenvalue weighted by molar-refractivity contribution is 5.21. The van der Waals surface area contributed by atoms with Crippen molar-refractivity contribution in [3.8, 4) is 0 Å². The Labute approximate surface area is 104 Å². The highest BCUT2D eigenvalue weighted by Gasteiger charge is 2.32. The lowest BCUT2D eigenvalue weighted by Gasteiger charge is -2.18. The summed E-state index contributed by atoms with van der Waals surface area (Å²) in [4.78, 5) is 0. The molecule has 2 nitrogen and oxygen atoms in total. The van der Waals surface area contributed by atoms with E-state index in [1.165, 1.54) is 0 Å². The van der Waals surface area contributed by atoms with Crippen LogP contribution >= 0.6 is 0 Å². The van der Waals surface area contributed by atoms with Crippen LogP contribution in [0.15, 0.2) is 36.2 Å². The Hall–Kier alpha value is -1.65. The monoisotopic (exact) mass is 256 g/mol. The molecule has 0 saturated heterocycles. The molecule has 0 fully saturated rings. The number of benzene rings is 1. The van der Waals surface area contributed by atoms with Gasteiger partial charge in [0.15, 0.2) is 0 Å². The molecule has 0 spiro atoms. The fourth-order valence-corrected chi connectivity index (χ4v) is 2.01. The van der Waals surface area contributed by atoms with Crippen molar-refractivity contribution < 1.29 is 13.2 Å². The summed E-state index contributed by atoms with van der Waals surface area (Å²) in [5, 5.41) is 2.90. The summed E-state index contributed by atoms with van der Waals surface area (Å²) < 4.78 is 40.4. The Morgan fingerprint density at radius 3 is 2.50 bits per heavy atom. The predicted octanol–water partition coefficient (Wildman–Crippen LogP) is 2.72. The second-order valence-corrected chi connectivity index (χ2v) is 4.51. The largest absolute Gasteiger partial charge is 0.386 e. The molecule has 1 heterocycles. The molecule has 0 radical (unpaired) electrons. The lowest BCUT2D eigenvalue weighted by Crippen LogP contribution is -2.19. The van der Waals surface area contributed by atoms with Gasteiger partial charge in [-0.15, -0.1) is 0 Å². The van der Waals surface area contributed by atoms with Gasteiger partial charge in [0.1, 0.15) is 5.82 Å². The second kappa shape index (κ2) is 4.92. The first-order chi connectivity index (χ1) is 8.47. The molecule has 1 aromatic rings. The molecule has 0 amide bonds. The van der Waals surface area contributed by atoms with Crippen molar-refractivity contribution in [1.29, 1.82) is 0 Å². The van der Waals surface area contributed by atoms with Crippen LogP contribution in [0.3, 0.4) is 0 Å². The van der Waals surface area contributed by atoms with Gasteiger partial charge in [-0.25, -0.2) is 13.2 Å². The Morgan fingerprint density at radius 1 is 1.28 bits per heavy atom. The van der Waals surface area contributed by atoms with Crippen LogP contribution in [0.1, 0.15) is 18.4 Å². The van der Waals surface area contributed by atoms with Crippen LogP contribution in [0.4, 0.5) is 13.2 Å². The van der Waals surface area contributed by atoms with E-state index in [4.69, 9.17) is 5.73 Å². The van der Waals surface area contributed by atoms with Crippen LogP contribution in [-0.4, -0.2) is 6.54 Å². The summed E-state index contributed by atoms with van der Waals surface area (Å²) in [6, 6.07) is 4.37. The van der Waals surface area contributed by atoms with Crippen molar-refractivity contribution in [2.24, 2.45) is 11.7 Å². The quantitative estimate of drug-likeness (QED) is 0.869. The molecule has 18 heavy (non-hydrogen) atoms. The van der Waals surface area contributed by atoms with Gasteiger partial charge in [0.05, 0.1) is 5.82 Å². The number of nitrogens with two attached hydrogens (primary N) is 1. The molecular formula is C13H15F3N2. The van der Waals surface area contributed by atoms with E-state index in [2.05, 4.69) is 5.32 Å². The molecule has 0 saturated carbocycles. The minimum atomic E-state index is -2.93. The van der Waals surface area contributed by atoms with Gasteiger partial charge < -0.3 is 11.1 Å². The van der Waals surface area contributed by atoms with Gasteiger partial charge in [-0.2, -0.15) is 0 Å². The Balaban J connectivity index is 1.96. The SMILES string of the molecule is NC1=C[C@H](CCC(F)(F)c2ccc(F)cc2)CN1. The van der Waals surface area contributed by atoms with Crippen molar-refractivity contribution in [3.05, 3.63) is 47.5 Å². The third-order valence-corrected chi connectivity index (χ3v) is 3.08. The van der Waals surface area contributed by atoms with E-state index in [0.29, 0.717) is 18.8 Å². The second-order valence-electron chi connectivity index (χ2n) is 4.51. The lowest BCUT2D eigenvalue weighted by atomic mass is 9.97. The molecule has 1 atom stereocenters. The van der Waals surface area contributed by atoms with Gasteiger partial charge in [-0.1, -0.05) is 12.1 Å². The Kier molecular flexibility index (Phi) is 3.50. The van der Waals surface area contributed by atoms with Crippen molar-refractivity contribution >= 4 is 0 Å². The molecule has 1 aromatic carbocycles. The van der Waals surface area contributed by atoms with Gasteiger partial charge >= 0.3 is 0 Å². The maximum Gasteiger partial charge on any atom is 0.273 e. The maximum absolute atomic E-state index is 13.8. The van der Waals surface area contributed by atoms with Crippen LogP contribution in [0, 0.1) is 11.7 Å². The van der Waals surface area contributed by atoms with Crippen molar-refractivity contribution in [1.82, 2.24) is 5.32 Å². The summed E-state index contributed by atoms with van der Waals surface area (Å²) in [7, 11) is 0. The zero-order chi connectivity index (χ0) is 13.2. The number of halogens is 3. The van der Waals surface area contributed by atoms with E-state index >= 15 is 0 Å². The summed E-state index contributed by atoms with van der Waals surface area (Å²) in [5.74, 6) is -2.86. The van der Waals surface area contributed by atoms with Crippen LogP contribution in [0.5, 0.6) is 0 Å². The van der Waals surface area contributed by atoms with E-state index in [0.717, 1.165) is 24.3 Å². The van der Waals surface area contributed by atoms with Gasteiger partial charge in [0.25, 0.3) is 5.92 Å². The topological polar surface area (TPSA) is 38.0 Å². The first-order valence-electron chi connectivity index (χ1n) is 5.82. The first-order valence-corrected chi connectivity index (χ1v) is 5.82. The third kappa shape index (κ3) is 2.97. The molecule has 0 bridgehead atoms. The standard InChI is InChI=1S/C13H15F3N2/c14-11-3-1-10(2-4-11)13(15,16)6-5-9-7-12(17)18-8-9/h1-4,7,9,18H,5-6,8,17H2/t9-/m0/s1. The number of alkyl halides is 2. The summed E-state index contributed by atoms with van der Waals surface area (Å²) in [5.41, 5.74) is 5.37. The van der Waals surface area contributed by atoms with Gasteiger partial charge in [-0.3, -0.25) is 0 Å². The number of rotatable bonds is 4. The molecular weight excluding hydrogens is 241 g/mol. The minimum Gasteiger partial charge on any atom is -0.386 e. The predicted molar refractivity (Wildman–Crippen MR) is 63.3 cm³/mol. The summed E-state index contributed by atoms with van der Waals surface area (Å²) in [6.07, 6.45) is 1.84. The molecule has 1 aliphatic heterocycles. The molecule has 5 heteroatoms. The van der Waals surface area contributed by atoms with E-state index in [-0.39, 0.29) is 17.9 Å². The Morgan fingerprint density at radius 2 is 1.94 bits per heavy atom. The highest BCUT2D eigenvalue weighted by Crippen LogP contribution is 2.34. The minimum absolute atomic E-state index is 0.0383. The number of hydrogen-bond donors (Lipinski definition) is 2. The number of hydrogen-bond acceptors (Lipinski definition) is 2. The van der Waals surface area contributed by atoms with E-state index in [9.17, 15) is 13.2 Å². The zero-order valence-corrected chi connectivity index (χ0v) is 9.80. The van der Waals surface area contributed by atoms with E-state index in [1.807, 2.05) is 0 Å². The maximum atomic E-state index is 13.8. The van der Waals surface area contributed by atoms with E-state index in [1.54, 1.807) is 6.08 Å². The van der Waals surface area contributed by atoms with Gasteiger partial charge in [-0.05, 0) is 30.5 Å². The lowest BCUT2D eigenvalue weighted by molar-refractivity contribution is -0.0176. The fraction of sp³-hybridized carbons (Fsp3) is 0.385. The smallest absolute Gasteiger partial charge is 0.273 e. The average Bonchev–Trinajstić information content (AvgIpc) is 2.73. The van der Waals surface area contributed by atoms with Crippen molar-refractivity contribution in [3.63, 3.8) is 0 Å². The summed E-state index contributed by atoms with van der Waals surface area (Å²) in [6.45, 7) is 0.603. The highest BCUT2D eigenvalue weighted by atomic mass is 19.3. The normalized spacial score (nSPS) is 19.5. The van der Waals surface area contributed by atoms with Crippen LogP contribution < -0.4 is 11.1 Å². The molecule has 0 aliphatic carbocycles. The Bertz CT molecular complexity index is 440. The molecule has 98 valence electrons. The molecule has 0 unspecified atom stereocenters. The number of nitrogens with one attached hydrogen (secondary N) is 1. The van der Waals surface area contributed by atoms with Crippen LogP contribution in [-0.2, 0) is 5.92 Å². The molecule has 0 aromatic heterocycles. The summed E-state index contributed by atoms with van der Waals surface area (Å²) >= 11 is 0. The zero-order valence-electron chi connectivity index (χ0n) is 9.80. The molecule has 1 aliphatic rings. The van der Waals surface area contributed by atoms with Gasteiger partial charge in [0.2, 0.25) is 0 Å². The average molecular weight is 256 g/mol. The van der Waals surface area contributed by atoms with Crippen LogP contribution in [0.2, 0.25) is 0 Å². The van der Waals surface area contributed by atoms with Crippen LogP contribution in [0.25, 0.3) is 0 Å². The van der Waals surface area contributed by atoms with Crippen molar-refractivity contribution in [2.45, 2.75) is 18.8 Å². The third-order valence-electron chi connectivity index (χ3n) is 3.08. The molecule has 3 N–H and O–H groups in total. The fourth-order valence-electron chi connectivity index (χ4n) is 2.01. The van der Waals surface area contributed by atoms with Crippen molar-refractivity contribution in [2.75, 3.05) is 6.54 Å². The first kappa shape index (κ1) is 12.8. The van der Waals surface area contributed by atoms with Gasteiger partial charge in [0, 0.05) is 18.5 Å².